The molecule has 148 valence electrons. The van der Waals surface area contributed by atoms with Crippen molar-refractivity contribution in [2.45, 2.75) is 48.8 Å². The molecule has 0 bridgehead atoms. The Morgan fingerprint density at radius 1 is 1.25 bits per heavy atom. The van der Waals surface area contributed by atoms with Gasteiger partial charge in [-0.2, -0.15) is 9.57 Å². The fourth-order valence-electron chi connectivity index (χ4n) is 3.81. The number of sulfonamides is 1. The Labute approximate surface area is 176 Å². The van der Waals surface area contributed by atoms with Crippen LogP contribution in [-0.4, -0.2) is 31.2 Å². The van der Waals surface area contributed by atoms with E-state index in [-0.39, 0.29) is 10.1 Å². The third-order valence-electron chi connectivity index (χ3n) is 5.14. The van der Waals surface area contributed by atoms with Gasteiger partial charge in [0.1, 0.15) is 21.3 Å². The van der Waals surface area contributed by atoms with E-state index in [0.717, 1.165) is 47.5 Å². The molecule has 0 radical (unpaired) electrons. The van der Waals surface area contributed by atoms with Gasteiger partial charge in [0.2, 0.25) is 5.91 Å². The molecule has 1 saturated heterocycles. The summed E-state index contributed by atoms with van der Waals surface area (Å²) in [7, 11) is -3.79. The molecule has 0 spiro atoms. The Hall–Kier alpha value is -1.44. The lowest BCUT2D eigenvalue weighted by Crippen LogP contribution is -2.49. The van der Waals surface area contributed by atoms with E-state index < -0.39 is 16.1 Å². The maximum absolute atomic E-state index is 13.1. The van der Waals surface area contributed by atoms with E-state index in [9.17, 15) is 18.5 Å². The van der Waals surface area contributed by atoms with Crippen molar-refractivity contribution in [3.63, 3.8) is 0 Å². The van der Waals surface area contributed by atoms with Gasteiger partial charge in [0.15, 0.2) is 0 Å². The van der Waals surface area contributed by atoms with Crippen LogP contribution in [-0.2, 0) is 27.7 Å². The van der Waals surface area contributed by atoms with Crippen molar-refractivity contribution >= 4 is 55.2 Å². The molecule has 0 aromatic carbocycles. The molecule has 2 aromatic rings. The van der Waals surface area contributed by atoms with Gasteiger partial charge in [0.05, 0.1) is 9.90 Å². The number of thiophene rings is 2. The first kappa shape index (κ1) is 19.9. The molecule has 6 nitrogen and oxygen atoms in total. The van der Waals surface area contributed by atoms with E-state index in [4.69, 9.17) is 11.6 Å². The lowest BCUT2D eigenvalue weighted by molar-refractivity contribution is -0.120. The van der Waals surface area contributed by atoms with E-state index in [1.165, 1.54) is 21.7 Å². The highest BCUT2D eigenvalue weighted by atomic mass is 35.5. The summed E-state index contributed by atoms with van der Waals surface area (Å²) in [6.07, 6.45) is 4.75. The van der Waals surface area contributed by atoms with Crippen LogP contribution >= 0.6 is 34.3 Å². The van der Waals surface area contributed by atoms with E-state index in [1.807, 2.05) is 0 Å². The van der Waals surface area contributed by atoms with Crippen molar-refractivity contribution in [2.24, 2.45) is 0 Å². The first-order valence-corrected chi connectivity index (χ1v) is 12.5. The quantitative estimate of drug-likeness (QED) is 0.754. The van der Waals surface area contributed by atoms with Crippen LogP contribution in [0.25, 0.3) is 0 Å². The van der Waals surface area contributed by atoms with Crippen molar-refractivity contribution in [3.8, 4) is 6.07 Å². The third-order valence-corrected chi connectivity index (χ3v) is 9.95. The molecule has 28 heavy (non-hydrogen) atoms. The minimum absolute atomic E-state index is 0.144. The fourth-order valence-corrected chi connectivity index (χ4v) is 8.32. The molecule has 3 heterocycles. The van der Waals surface area contributed by atoms with Crippen LogP contribution in [0.5, 0.6) is 0 Å². The van der Waals surface area contributed by atoms with Crippen LogP contribution in [0.4, 0.5) is 5.00 Å². The molecule has 1 N–H and O–H groups in total. The number of piperidine rings is 1. The number of carbonyl (C=O) groups excluding carboxylic acids is 1. The zero-order valence-corrected chi connectivity index (χ0v) is 18.1. The number of fused-ring (bicyclic) bond motifs is 1. The van der Waals surface area contributed by atoms with Gasteiger partial charge in [0.25, 0.3) is 10.0 Å². The van der Waals surface area contributed by atoms with Crippen LogP contribution in [0.15, 0.2) is 16.3 Å². The van der Waals surface area contributed by atoms with Crippen molar-refractivity contribution < 1.29 is 13.2 Å². The summed E-state index contributed by atoms with van der Waals surface area (Å²) in [5, 5.41) is 12.9. The molecule has 4 rings (SSSR count). The number of nitriles is 1. The average molecular weight is 456 g/mol. The Kier molecular flexibility index (Phi) is 5.51. The van der Waals surface area contributed by atoms with Gasteiger partial charge in [-0.3, -0.25) is 4.79 Å². The number of halogens is 1. The maximum atomic E-state index is 13.1. The van der Waals surface area contributed by atoms with E-state index in [2.05, 4.69) is 11.4 Å². The van der Waals surface area contributed by atoms with Crippen LogP contribution in [0.2, 0.25) is 4.34 Å². The summed E-state index contributed by atoms with van der Waals surface area (Å²) in [4.78, 5) is 14.2. The predicted octanol–water partition coefficient (Wildman–Crippen LogP) is 4.01. The minimum atomic E-state index is -3.79. The highest BCUT2D eigenvalue weighted by Gasteiger charge is 2.39. The highest BCUT2D eigenvalue weighted by molar-refractivity contribution is 7.91. The molecule has 2 aromatic heterocycles. The SMILES string of the molecule is N#Cc1c(NC(=O)C2CCCCN2S(=O)(=O)c2ccc(Cl)s2)sc2c1CCC2. The molecular formula is C18H18ClN3O3S3. The lowest BCUT2D eigenvalue weighted by atomic mass is 10.0. The first-order valence-electron chi connectivity index (χ1n) is 9.04. The zero-order chi connectivity index (χ0) is 19.9. The van der Waals surface area contributed by atoms with Crippen LogP contribution < -0.4 is 5.32 Å². The molecule has 0 saturated carbocycles. The van der Waals surface area contributed by atoms with Gasteiger partial charge < -0.3 is 5.32 Å². The molecule has 1 aliphatic carbocycles. The number of anilines is 1. The summed E-state index contributed by atoms with van der Waals surface area (Å²) in [5.74, 6) is -0.373. The second kappa shape index (κ2) is 7.76. The van der Waals surface area contributed by atoms with Gasteiger partial charge in [0, 0.05) is 11.4 Å². The minimum Gasteiger partial charge on any atom is -0.315 e. The molecular weight excluding hydrogens is 438 g/mol. The van der Waals surface area contributed by atoms with Gasteiger partial charge in [-0.25, -0.2) is 8.42 Å². The molecule has 1 aliphatic heterocycles. The van der Waals surface area contributed by atoms with Crippen molar-refractivity contribution in [2.75, 3.05) is 11.9 Å². The summed E-state index contributed by atoms with van der Waals surface area (Å²) < 4.78 is 27.9. The fraction of sp³-hybridized carbons (Fsp3) is 0.444. The first-order chi connectivity index (χ1) is 13.4. The van der Waals surface area contributed by atoms with E-state index in [0.29, 0.717) is 34.3 Å². The van der Waals surface area contributed by atoms with Crippen LogP contribution in [0.3, 0.4) is 0 Å². The number of nitrogens with zero attached hydrogens (tertiary/aromatic N) is 2. The number of aryl methyl sites for hydroxylation is 1. The number of hydrogen-bond acceptors (Lipinski definition) is 6. The Morgan fingerprint density at radius 2 is 2.07 bits per heavy atom. The molecule has 1 amide bonds. The zero-order valence-electron chi connectivity index (χ0n) is 14.9. The molecule has 1 atom stereocenters. The van der Waals surface area contributed by atoms with Gasteiger partial charge in [-0.15, -0.1) is 22.7 Å². The van der Waals surface area contributed by atoms with Gasteiger partial charge in [-0.05, 0) is 49.8 Å². The summed E-state index contributed by atoms with van der Waals surface area (Å²) >= 11 is 8.34. The van der Waals surface area contributed by atoms with Crippen molar-refractivity contribution in [3.05, 3.63) is 32.5 Å². The van der Waals surface area contributed by atoms with Crippen molar-refractivity contribution in [1.29, 1.82) is 5.26 Å². The largest absolute Gasteiger partial charge is 0.315 e. The lowest BCUT2D eigenvalue weighted by Gasteiger charge is -2.33. The average Bonchev–Trinajstić information content (AvgIpc) is 3.38. The Morgan fingerprint density at radius 3 is 2.79 bits per heavy atom. The topological polar surface area (TPSA) is 90.3 Å². The van der Waals surface area contributed by atoms with Gasteiger partial charge in [-0.1, -0.05) is 18.0 Å². The van der Waals surface area contributed by atoms with E-state index >= 15 is 0 Å². The van der Waals surface area contributed by atoms with Crippen LogP contribution in [0, 0.1) is 11.3 Å². The highest BCUT2D eigenvalue weighted by Crippen LogP contribution is 2.39. The number of hydrogen-bond donors (Lipinski definition) is 1. The summed E-state index contributed by atoms with van der Waals surface area (Å²) in [6.45, 7) is 0.294. The monoisotopic (exact) mass is 455 g/mol. The molecule has 10 heteroatoms. The summed E-state index contributed by atoms with van der Waals surface area (Å²) in [6, 6.07) is 4.44. The second-order valence-corrected chi connectivity index (χ2v) is 11.8. The smallest absolute Gasteiger partial charge is 0.253 e. The number of amides is 1. The predicted molar refractivity (Wildman–Crippen MR) is 111 cm³/mol. The molecule has 2 aliphatic rings. The third kappa shape index (κ3) is 3.48. The number of rotatable bonds is 4. The number of nitrogens with one attached hydrogen (secondary N) is 1. The molecule has 1 unspecified atom stereocenters. The van der Waals surface area contributed by atoms with E-state index in [1.54, 1.807) is 6.07 Å². The van der Waals surface area contributed by atoms with Crippen molar-refractivity contribution in [1.82, 2.24) is 4.31 Å². The number of carbonyl (C=O) groups is 1. The maximum Gasteiger partial charge on any atom is 0.253 e. The van der Waals surface area contributed by atoms with Gasteiger partial charge >= 0.3 is 0 Å². The standard InChI is InChI=1S/C18H18ClN3O3S3/c19-15-7-8-16(27-15)28(24,25)22-9-2-1-5-13(22)17(23)21-18-12(10-20)11-4-3-6-14(11)26-18/h7-8,13H,1-6,9H2,(H,21,23). The normalized spacial score (nSPS) is 19.9. The molecule has 1 fully saturated rings. The Balaban J connectivity index is 1.60. The Bertz CT molecular complexity index is 1070. The van der Waals surface area contributed by atoms with Crippen LogP contribution in [0.1, 0.15) is 41.7 Å². The second-order valence-electron chi connectivity index (χ2n) is 6.85. The summed E-state index contributed by atoms with van der Waals surface area (Å²) in [5.41, 5.74) is 1.56.